The molecular formula is C15H19BrO3S. The number of thioether (sulfide) groups is 1. The van der Waals surface area contributed by atoms with E-state index in [4.69, 9.17) is 4.74 Å². The monoisotopic (exact) mass is 358 g/mol. The Morgan fingerprint density at radius 3 is 2.55 bits per heavy atom. The Hall–Kier alpha value is -0.520. The van der Waals surface area contributed by atoms with Gasteiger partial charge < -0.3 is 9.84 Å². The van der Waals surface area contributed by atoms with Crippen molar-refractivity contribution in [3.63, 3.8) is 0 Å². The van der Waals surface area contributed by atoms with Crippen molar-refractivity contribution < 1.29 is 14.6 Å². The molecule has 2 rings (SSSR count). The predicted molar refractivity (Wildman–Crippen MR) is 84.6 cm³/mol. The summed E-state index contributed by atoms with van der Waals surface area (Å²) in [6, 6.07) is 5.27. The molecule has 1 saturated heterocycles. The molecule has 1 aliphatic heterocycles. The smallest absolute Gasteiger partial charge is 0.336 e. The molecule has 1 aromatic rings. The second-order valence-corrected chi connectivity index (χ2v) is 8.38. The van der Waals surface area contributed by atoms with Gasteiger partial charge in [-0.25, -0.2) is 4.79 Å². The van der Waals surface area contributed by atoms with Crippen molar-refractivity contribution in [2.75, 3.05) is 0 Å². The molecular weight excluding hydrogens is 340 g/mol. The summed E-state index contributed by atoms with van der Waals surface area (Å²) in [4.78, 5) is 12.1. The summed E-state index contributed by atoms with van der Waals surface area (Å²) in [5.74, 6) is -0.893. The summed E-state index contributed by atoms with van der Waals surface area (Å²) < 4.78 is 6.96. The third-order valence-electron chi connectivity index (χ3n) is 3.44. The lowest BCUT2D eigenvalue weighted by molar-refractivity contribution is -0.0631. The van der Waals surface area contributed by atoms with Crippen molar-refractivity contribution in [1.82, 2.24) is 0 Å². The van der Waals surface area contributed by atoms with Crippen LogP contribution in [0.2, 0.25) is 0 Å². The molecule has 5 heteroatoms. The highest BCUT2D eigenvalue weighted by Gasteiger charge is 2.46. The Morgan fingerprint density at radius 2 is 2.05 bits per heavy atom. The van der Waals surface area contributed by atoms with Crippen LogP contribution in [-0.4, -0.2) is 27.5 Å². The second kappa shape index (κ2) is 5.35. The SMILES string of the molecule is CC1(C)CC(Sc2cc(Br)ccc2C(=O)O)C(C)(C)O1. The van der Waals surface area contributed by atoms with E-state index in [1.165, 1.54) is 0 Å². The molecule has 1 N–H and O–H groups in total. The molecule has 1 heterocycles. The van der Waals surface area contributed by atoms with E-state index >= 15 is 0 Å². The van der Waals surface area contributed by atoms with Gasteiger partial charge in [-0.2, -0.15) is 0 Å². The number of hydrogen-bond donors (Lipinski definition) is 1. The van der Waals surface area contributed by atoms with E-state index in [1.807, 2.05) is 6.07 Å². The molecule has 0 amide bonds. The number of benzene rings is 1. The number of carboxylic acids is 1. The molecule has 0 radical (unpaired) electrons. The van der Waals surface area contributed by atoms with E-state index in [9.17, 15) is 9.90 Å². The lowest BCUT2D eigenvalue weighted by atomic mass is 10.0. The molecule has 3 nitrogen and oxygen atoms in total. The summed E-state index contributed by atoms with van der Waals surface area (Å²) in [5.41, 5.74) is -0.0956. The van der Waals surface area contributed by atoms with Crippen LogP contribution in [0.3, 0.4) is 0 Å². The zero-order valence-electron chi connectivity index (χ0n) is 12.1. The first-order valence-electron chi connectivity index (χ1n) is 6.50. The highest BCUT2D eigenvalue weighted by molar-refractivity contribution is 9.10. The van der Waals surface area contributed by atoms with Crippen LogP contribution in [0, 0.1) is 0 Å². The lowest BCUT2D eigenvalue weighted by Gasteiger charge is -2.27. The van der Waals surface area contributed by atoms with Gasteiger partial charge in [-0.15, -0.1) is 11.8 Å². The van der Waals surface area contributed by atoms with Gasteiger partial charge >= 0.3 is 5.97 Å². The van der Waals surface area contributed by atoms with Crippen LogP contribution < -0.4 is 0 Å². The molecule has 0 aromatic heterocycles. The first-order chi connectivity index (χ1) is 9.11. The van der Waals surface area contributed by atoms with Crippen LogP contribution in [-0.2, 0) is 4.74 Å². The van der Waals surface area contributed by atoms with E-state index in [-0.39, 0.29) is 16.5 Å². The van der Waals surface area contributed by atoms with E-state index in [0.717, 1.165) is 15.8 Å². The fourth-order valence-electron chi connectivity index (χ4n) is 2.62. The first-order valence-corrected chi connectivity index (χ1v) is 8.18. The minimum atomic E-state index is -0.893. The maximum atomic E-state index is 11.3. The van der Waals surface area contributed by atoms with Crippen LogP contribution in [0.15, 0.2) is 27.6 Å². The van der Waals surface area contributed by atoms with Crippen molar-refractivity contribution >= 4 is 33.7 Å². The normalized spacial score (nSPS) is 23.8. The van der Waals surface area contributed by atoms with E-state index in [1.54, 1.807) is 23.9 Å². The van der Waals surface area contributed by atoms with Crippen LogP contribution >= 0.6 is 27.7 Å². The topological polar surface area (TPSA) is 46.5 Å². The van der Waals surface area contributed by atoms with Crippen LogP contribution in [0.5, 0.6) is 0 Å². The summed E-state index contributed by atoms with van der Waals surface area (Å²) >= 11 is 5.00. The third kappa shape index (κ3) is 3.38. The number of carboxylic acid groups (broad SMARTS) is 1. The highest BCUT2D eigenvalue weighted by atomic mass is 79.9. The Labute approximate surface area is 132 Å². The quantitative estimate of drug-likeness (QED) is 0.858. The number of rotatable bonds is 3. The molecule has 1 unspecified atom stereocenters. The van der Waals surface area contributed by atoms with Crippen molar-refractivity contribution in [3.05, 3.63) is 28.2 Å². The summed E-state index contributed by atoms with van der Waals surface area (Å²) in [5, 5.41) is 9.53. The van der Waals surface area contributed by atoms with E-state index < -0.39 is 5.97 Å². The third-order valence-corrected chi connectivity index (χ3v) is 5.54. The standard InChI is InChI=1S/C15H19BrO3S/c1-14(2)8-12(15(3,4)19-14)20-11-7-9(16)5-6-10(11)13(17)18/h5-7,12H,8H2,1-4H3,(H,17,18). The molecule has 1 aliphatic rings. The van der Waals surface area contributed by atoms with E-state index in [2.05, 4.69) is 43.6 Å². The maximum absolute atomic E-state index is 11.3. The van der Waals surface area contributed by atoms with Crippen molar-refractivity contribution in [1.29, 1.82) is 0 Å². The summed E-state index contributed by atoms with van der Waals surface area (Å²) in [6.07, 6.45) is 0.899. The molecule has 20 heavy (non-hydrogen) atoms. The van der Waals surface area contributed by atoms with Gasteiger partial charge in [0.15, 0.2) is 0 Å². The molecule has 0 bridgehead atoms. The Kier molecular flexibility index (Phi) is 4.24. The molecule has 1 aromatic carbocycles. The average molecular weight is 359 g/mol. The Bertz CT molecular complexity index is 540. The van der Waals surface area contributed by atoms with Gasteiger partial charge in [0, 0.05) is 14.6 Å². The molecule has 0 spiro atoms. The minimum absolute atomic E-state index is 0.170. The fraction of sp³-hybridized carbons (Fsp3) is 0.533. The first kappa shape index (κ1) is 15.9. The van der Waals surface area contributed by atoms with Gasteiger partial charge in [-0.1, -0.05) is 15.9 Å². The van der Waals surface area contributed by atoms with Crippen LogP contribution in [0.1, 0.15) is 44.5 Å². The van der Waals surface area contributed by atoms with Gasteiger partial charge in [0.05, 0.1) is 16.8 Å². The van der Waals surface area contributed by atoms with Gasteiger partial charge in [0.25, 0.3) is 0 Å². The van der Waals surface area contributed by atoms with Gasteiger partial charge in [-0.3, -0.25) is 0 Å². The number of hydrogen-bond acceptors (Lipinski definition) is 3. The Morgan fingerprint density at radius 1 is 1.40 bits per heavy atom. The van der Waals surface area contributed by atoms with Gasteiger partial charge in [0.2, 0.25) is 0 Å². The zero-order chi connectivity index (χ0) is 15.1. The summed E-state index contributed by atoms with van der Waals surface area (Å²) in [7, 11) is 0. The number of ether oxygens (including phenoxy) is 1. The lowest BCUT2D eigenvalue weighted by Crippen LogP contribution is -2.31. The van der Waals surface area contributed by atoms with Crippen molar-refractivity contribution in [2.24, 2.45) is 0 Å². The van der Waals surface area contributed by atoms with Crippen molar-refractivity contribution in [2.45, 2.75) is 55.5 Å². The summed E-state index contributed by atoms with van der Waals surface area (Å²) in [6.45, 7) is 8.29. The molecule has 1 atom stereocenters. The zero-order valence-corrected chi connectivity index (χ0v) is 14.5. The van der Waals surface area contributed by atoms with Gasteiger partial charge in [0.1, 0.15) is 0 Å². The maximum Gasteiger partial charge on any atom is 0.336 e. The van der Waals surface area contributed by atoms with Crippen LogP contribution in [0.25, 0.3) is 0 Å². The molecule has 110 valence electrons. The largest absolute Gasteiger partial charge is 0.478 e. The average Bonchev–Trinajstić information content (AvgIpc) is 2.46. The predicted octanol–water partition coefficient (Wildman–Crippen LogP) is 4.59. The second-order valence-electron chi connectivity index (χ2n) is 6.22. The van der Waals surface area contributed by atoms with Gasteiger partial charge in [-0.05, 0) is 52.3 Å². The Balaban J connectivity index is 2.30. The fourth-order valence-corrected chi connectivity index (χ4v) is 4.73. The van der Waals surface area contributed by atoms with E-state index in [0.29, 0.717) is 5.56 Å². The van der Waals surface area contributed by atoms with Crippen molar-refractivity contribution in [3.8, 4) is 0 Å². The minimum Gasteiger partial charge on any atom is -0.478 e. The molecule has 1 fully saturated rings. The highest BCUT2D eigenvalue weighted by Crippen LogP contribution is 2.47. The number of carbonyl (C=O) groups is 1. The molecule has 0 saturated carbocycles. The molecule has 0 aliphatic carbocycles. The number of aromatic carboxylic acids is 1. The van der Waals surface area contributed by atoms with Crippen LogP contribution in [0.4, 0.5) is 0 Å². The number of halogens is 1.